The van der Waals surface area contributed by atoms with Crippen LogP contribution >= 0.6 is 24.4 Å². The number of benzene rings is 2. The summed E-state index contributed by atoms with van der Waals surface area (Å²) >= 11 is 10.6. The molecule has 2 atom stereocenters. The first-order valence-electron chi connectivity index (χ1n) is 10.8. The quantitative estimate of drug-likeness (QED) is 0.233. The number of H-pyrrole nitrogens is 2. The summed E-state index contributed by atoms with van der Waals surface area (Å²) in [5, 5.41) is 20.5. The summed E-state index contributed by atoms with van der Waals surface area (Å²) in [6, 6.07) is 14.3. The maximum atomic E-state index is 11.3. The first-order chi connectivity index (χ1) is 15.3. The molecule has 0 radical (unpaired) electrons. The maximum absolute atomic E-state index is 11.3. The van der Waals surface area contributed by atoms with Crippen LogP contribution in [0.25, 0.3) is 5.69 Å². The van der Waals surface area contributed by atoms with Crippen LogP contribution in [0.2, 0.25) is 0 Å². The van der Waals surface area contributed by atoms with Gasteiger partial charge < -0.3 is 15.2 Å². The molecule has 1 saturated carbocycles. The first kappa shape index (κ1) is 26.5. The van der Waals surface area contributed by atoms with E-state index in [9.17, 15) is 9.90 Å². The van der Waals surface area contributed by atoms with Crippen molar-refractivity contribution < 1.29 is 61.3 Å². The van der Waals surface area contributed by atoms with E-state index in [2.05, 4.69) is 47.6 Å². The van der Waals surface area contributed by atoms with Crippen LogP contribution < -0.4 is 61.8 Å². The molecule has 0 amide bonds. The zero-order chi connectivity index (χ0) is 22.9. The van der Waals surface area contributed by atoms with Crippen molar-refractivity contribution in [3.63, 3.8) is 0 Å². The van der Waals surface area contributed by atoms with Crippen LogP contribution in [0.5, 0.6) is 0 Å². The number of anilines is 1. The molecule has 2 unspecified atom stereocenters. The number of aromatic nitrogens is 3. The molecule has 0 aliphatic heterocycles. The minimum absolute atomic E-state index is 0. The molecule has 2 aromatic carbocycles. The van der Waals surface area contributed by atoms with Gasteiger partial charge in [-0.3, -0.25) is 14.8 Å². The van der Waals surface area contributed by atoms with E-state index in [1.807, 2.05) is 24.3 Å². The molecular formula is C24H27KN4O2S2. The Morgan fingerprint density at radius 2 is 1.79 bits per heavy atom. The molecule has 3 N–H and O–H groups in total. The third kappa shape index (κ3) is 5.78. The van der Waals surface area contributed by atoms with E-state index in [0.717, 1.165) is 37.2 Å². The van der Waals surface area contributed by atoms with E-state index in [1.54, 1.807) is 4.57 Å². The van der Waals surface area contributed by atoms with Gasteiger partial charge in [0.2, 0.25) is 0 Å². The van der Waals surface area contributed by atoms with E-state index in [-0.39, 0.29) is 69.1 Å². The second kappa shape index (κ2) is 11.1. The molecule has 4 rings (SSSR count). The third-order valence-corrected chi connectivity index (χ3v) is 7.11. The molecule has 3 aromatic rings. The number of aromatic amines is 2. The number of aryl methyl sites for hydroxylation is 2. The zero-order valence-electron chi connectivity index (χ0n) is 19.2. The van der Waals surface area contributed by atoms with Gasteiger partial charge in [-0.15, -0.1) is 0 Å². The smallest absolute Gasteiger partial charge is 0.550 e. The molecule has 33 heavy (non-hydrogen) atoms. The van der Waals surface area contributed by atoms with Crippen LogP contribution in [-0.2, 0) is 10.2 Å². The van der Waals surface area contributed by atoms with Crippen LogP contribution in [0, 0.1) is 29.3 Å². The molecule has 168 valence electrons. The normalized spacial score (nSPS) is 19.0. The van der Waals surface area contributed by atoms with Gasteiger partial charge in [0.05, 0.1) is 5.69 Å². The zero-order valence-corrected chi connectivity index (χ0v) is 24.0. The molecule has 1 fully saturated rings. The van der Waals surface area contributed by atoms with Crippen molar-refractivity contribution >= 4 is 36.1 Å². The molecule has 0 bridgehead atoms. The molecule has 9 heteroatoms. The molecule has 6 nitrogen and oxygen atoms in total. The summed E-state index contributed by atoms with van der Waals surface area (Å²) in [5.74, 6) is -0.812. The van der Waals surface area contributed by atoms with E-state index >= 15 is 0 Å². The van der Waals surface area contributed by atoms with Crippen LogP contribution in [0.1, 0.15) is 42.4 Å². The Hall–Kier alpha value is -1.07. The van der Waals surface area contributed by atoms with E-state index in [4.69, 9.17) is 24.4 Å². The number of carbonyl (C=O) groups excluding carboxylic acids is 1. The van der Waals surface area contributed by atoms with Gasteiger partial charge in [0, 0.05) is 18.2 Å². The van der Waals surface area contributed by atoms with Crippen LogP contribution in [0.3, 0.4) is 0 Å². The van der Waals surface area contributed by atoms with Crippen molar-refractivity contribution in [2.24, 2.45) is 5.92 Å². The van der Waals surface area contributed by atoms with Crippen molar-refractivity contribution in [2.45, 2.75) is 44.9 Å². The van der Waals surface area contributed by atoms with E-state index in [0.29, 0.717) is 9.54 Å². The van der Waals surface area contributed by atoms with E-state index < -0.39 is 5.97 Å². The third-order valence-electron chi connectivity index (χ3n) is 6.54. The summed E-state index contributed by atoms with van der Waals surface area (Å²) in [5.41, 5.74) is 5.63. The number of carboxylic acids is 1. The maximum Gasteiger partial charge on any atom is 1.00 e. The molecular weight excluding hydrogens is 480 g/mol. The molecule has 0 saturated heterocycles. The molecule has 1 aromatic heterocycles. The number of rotatable bonds is 9. The molecule has 1 aliphatic rings. The SMILES string of the molecule is Cc1cccc(C)c1C1(CCCNc2cccc(-n3c(=S)[nH][nH]c3=S)c2)CC1CC(=O)[O-].[K+]. The van der Waals surface area contributed by atoms with Crippen molar-refractivity contribution in [1.29, 1.82) is 0 Å². The van der Waals surface area contributed by atoms with Gasteiger partial charge in [-0.2, -0.15) is 0 Å². The Morgan fingerprint density at radius 3 is 2.42 bits per heavy atom. The molecule has 0 spiro atoms. The number of hydrogen-bond donors (Lipinski definition) is 3. The minimum atomic E-state index is -0.959. The Kier molecular flexibility index (Phi) is 8.93. The fourth-order valence-corrected chi connectivity index (χ4v) is 5.68. The van der Waals surface area contributed by atoms with Crippen molar-refractivity contribution in [3.05, 3.63) is 68.7 Å². The fraction of sp³-hybridized carbons (Fsp3) is 0.375. The van der Waals surface area contributed by atoms with Gasteiger partial charge in [-0.1, -0.05) is 24.3 Å². The number of aliphatic carboxylic acids is 1. The van der Waals surface area contributed by atoms with Gasteiger partial charge in [0.15, 0.2) is 9.54 Å². The Bertz CT molecular complexity index is 1220. The van der Waals surface area contributed by atoms with Gasteiger partial charge >= 0.3 is 51.4 Å². The van der Waals surface area contributed by atoms with Crippen molar-refractivity contribution in [3.8, 4) is 5.69 Å². The van der Waals surface area contributed by atoms with Crippen LogP contribution in [-0.4, -0.2) is 27.3 Å². The monoisotopic (exact) mass is 506 g/mol. The second-order valence-corrected chi connectivity index (χ2v) is 9.45. The summed E-state index contributed by atoms with van der Waals surface area (Å²) in [7, 11) is 0. The Labute approximate surface area is 246 Å². The summed E-state index contributed by atoms with van der Waals surface area (Å²) in [4.78, 5) is 11.3. The standard InChI is InChI=1S/C24H28N4O2S2.K/c1-15-6-3-7-16(2)21(15)24(14-17(24)12-20(29)30)10-5-11-25-18-8-4-9-19(13-18)28-22(31)26-27-23(28)32;/h3-4,6-9,13,17,25H,5,10-12,14H2,1-2H3,(H,26,31)(H,27,32)(H,29,30);/q;+1/p-1. The summed E-state index contributed by atoms with van der Waals surface area (Å²) in [6.07, 6.45) is 2.91. The van der Waals surface area contributed by atoms with Gasteiger partial charge in [-0.25, -0.2) is 0 Å². The average molecular weight is 507 g/mol. The number of carboxylic acid groups (broad SMARTS) is 1. The largest absolute Gasteiger partial charge is 1.00 e. The van der Waals surface area contributed by atoms with E-state index in [1.165, 1.54) is 16.7 Å². The second-order valence-electron chi connectivity index (χ2n) is 8.68. The summed E-state index contributed by atoms with van der Waals surface area (Å²) < 4.78 is 2.83. The van der Waals surface area contributed by atoms with Crippen LogP contribution in [0.4, 0.5) is 5.69 Å². The topological polar surface area (TPSA) is 88.7 Å². The fourth-order valence-electron chi connectivity index (χ4n) is 5.12. The Balaban J connectivity index is 0.00000306. The average Bonchev–Trinajstić information content (AvgIpc) is 3.30. The predicted octanol–water partition coefficient (Wildman–Crippen LogP) is 1.50. The van der Waals surface area contributed by atoms with Gasteiger partial charge in [0.25, 0.3) is 0 Å². The van der Waals surface area contributed by atoms with Crippen molar-refractivity contribution in [1.82, 2.24) is 14.8 Å². The predicted molar refractivity (Wildman–Crippen MR) is 129 cm³/mol. The summed E-state index contributed by atoms with van der Waals surface area (Å²) in [6.45, 7) is 5.04. The number of nitrogens with one attached hydrogen (secondary N) is 3. The first-order valence-corrected chi connectivity index (χ1v) is 11.6. The van der Waals surface area contributed by atoms with Crippen molar-refractivity contribution in [2.75, 3.05) is 11.9 Å². The Morgan fingerprint density at radius 1 is 1.15 bits per heavy atom. The number of carbonyl (C=O) groups is 1. The minimum Gasteiger partial charge on any atom is -0.550 e. The van der Waals surface area contributed by atoms with Gasteiger partial charge in [-0.05, 0) is 110 Å². The molecule has 1 aliphatic carbocycles. The van der Waals surface area contributed by atoms with Gasteiger partial charge in [0.1, 0.15) is 0 Å². The number of nitrogens with zero attached hydrogens (tertiary/aromatic N) is 1. The van der Waals surface area contributed by atoms with Crippen LogP contribution in [0.15, 0.2) is 42.5 Å². The number of hydrogen-bond acceptors (Lipinski definition) is 5. The molecule has 1 heterocycles.